The quantitative estimate of drug-likeness (QED) is 0.786. The van der Waals surface area contributed by atoms with Crippen LogP contribution in [0.3, 0.4) is 0 Å². The Morgan fingerprint density at radius 1 is 1.09 bits per heavy atom. The molecule has 2 aromatic carbocycles. The molecule has 0 unspecified atom stereocenters. The van der Waals surface area contributed by atoms with Gasteiger partial charge in [-0.15, -0.1) is 0 Å². The number of methoxy groups -OCH3 is 1. The number of rotatable bonds is 7. The highest BCUT2D eigenvalue weighted by atomic mass is 35.5. The summed E-state index contributed by atoms with van der Waals surface area (Å²) in [4.78, 5) is 0.122. The average Bonchev–Trinajstić information content (AvgIpc) is 2.52. The number of halogens is 1. The first-order valence-corrected chi connectivity index (χ1v) is 8.40. The summed E-state index contributed by atoms with van der Waals surface area (Å²) >= 11 is 5.79. The van der Waals surface area contributed by atoms with Crippen LogP contribution >= 0.6 is 11.6 Å². The van der Waals surface area contributed by atoms with Gasteiger partial charge in [0.2, 0.25) is 10.0 Å². The van der Waals surface area contributed by atoms with Gasteiger partial charge in [0.1, 0.15) is 6.61 Å². The molecule has 118 valence electrons. The fourth-order valence-electron chi connectivity index (χ4n) is 1.79. The van der Waals surface area contributed by atoms with Gasteiger partial charge in [-0.2, -0.15) is 0 Å². The van der Waals surface area contributed by atoms with Crippen molar-refractivity contribution in [1.29, 1.82) is 0 Å². The third kappa shape index (κ3) is 4.37. The van der Waals surface area contributed by atoms with Crippen LogP contribution in [-0.2, 0) is 10.0 Å². The molecule has 0 amide bonds. The van der Waals surface area contributed by atoms with Gasteiger partial charge in [-0.3, -0.25) is 0 Å². The molecule has 2 rings (SSSR count). The van der Waals surface area contributed by atoms with E-state index >= 15 is 0 Å². The SMILES string of the molecule is COc1ccccc1OCCNS(=O)(=O)c1cccc(Cl)c1. The summed E-state index contributed by atoms with van der Waals surface area (Å²) in [7, 11) is -2.05. The molecule has 2 aromatic rings. The van der Waals surface area contributed by atoms with Crippen molar-refractivity contribution in [3.63, 3.8) is 0 Å². The zero-order valence-corrected chi connectivity index (χ0v) is 13.5. The molecule has 0 saturated heterocycles. The smallest absolute Gasteiger partial charge is 0.240 e. The summed E-state index contributed by atoms with van der Waals surface area (Å²) in [6, 6.07) is 13.2. The second-order valence-corrected chi connectivity index (χ2v) is 6.56. The van der Waals surface area contributed by atoms with Crippen LogP contribution in [0.4, 0.5) is 0 Å². The lowest BCUT2D eigenvalue weighted by Gasteiger charge is -2.11. The van der Waals surface area contributed by atoms with Crippen LogP contribution in [0.1, 0.15) is 0 Å². The molecule has 0 aliphatic heterocycles. The van der Waals surface area contributed by atoms with E-state index < -0.39 is 10.0 Å². The van der Waals surface area contributed by atoms with Gasteiger partial charge in [0.25, 0.3) is 0 Å². The zero-order valence-electron chi connectivity index (χ0n) is 12.0. The number of sulfonamides is 1. The lowest BCUT2D eigenvalue weighted by Crippen LogP contribution is -2.28. The van der Waals surface area contributed by atoms with Crippen molar-refractivity contribution < 1.29 is 17.9 Å². The van der Waals surface area contributed by atoms with Crippen molar-refractivity contribution in [3.8, 4) is 11.5 Å². The molecule has 0 radical (unpaired) electrons. The molecule has 0 atom stereocenters. The van der Waals surface area contributed by atoms with Gasteiger partial charge >= 0.3 is 0 Å². The monoisotopic (exact) mass is 341 g/mol. The summed E-state index contributed by atoms with van der Waals surface area (Å²) in [6.45, 7) is 0.313. The molecule has 5 nitrogen and oxygen atoms in total. The predicted molar refractivity (Wildman–Crippen MR) is 85.1 cm³/mol. The lowest BCUT2D eigenvalue weighted by atomic mass is 10.3. The van der Waals surface area contributed by atoms with E-state index in [1.165, 1.54) is 12.1 Å². The highest BCUT2D eigenvalue weighted by Gasteiger charge is 2.13. The maximum Gasteiger partial charge on any atom is 0.240 e. The Morgan fingerprint density at radius 3 is 2.50 bits per heavy atom. The van der Waals surface area contributed by atoms with E-state index in [0.717, 1.165) is 0 Å². The Kier molecular flexibility index (Phi) is 5.65. The molecule has 0 aliphatic rings. The first-order chi connectivity index (χ1) is 10.5. The molecule has 22 heavy (non-hydrogen) atoms. The third-order valence-electron chi connectivity index (χ3n) is 2.83. The largest absolute Gasteiger partial charge is 0.493 e. The van der Waals surface area contributed by atoms with Gasteiger partial charge in [-0.25, -0.2) is 13.1 Å². The molecule has 0 bridgehead atoms. The Balaban J connectivity index is 1.91. The summed E-state index contributed by atoms with van der Waals surface area (Å²) in [6.07, 6.45) is 0. The van der Waals surface area contributed by atoms with Crippen LogP contribution in [0.25, 0.3) is 0 Å². The minimum atomic E-state index is -3.60. The predicted octanol–water partition coefficient (Wildman–Crippen LogP) is 2.71. The van der Waals surface area contributed by atoms with Crippen molar-refractivity contribution in [3.05, 3.63) is 53.6 Å². The molecule has 1 N–H and O–H groups in total. The van der Waals surface area contributed by atoms with E-state index in [-0.39, 0.29) is 18.0 Å². The third-order valence-corrected chi connectivity index (χ3v) is 4.52. The average molecular weight is 342 g/mol. The van der Waals surface area contributed by atoms with Crippen molar-refractivity contribution in [2.45, 2.75) is 4.90 Å². The van der Waals surface area contributed by atoms with E-state index in [2.05, 4.69) is 4.72 Å². The highest BCUT2D eigenvalue weighted by molar-refractivity contribution is 7.89. The molecular formula is C15H16ClNO4S. The van der Waals surface area contributed by atoms with Gasteiger partial charge in [-0.1, -0.05) is 29.8 Å². The standard InChI is InChI=1S/C15H16ClNO4S/c1-20-14-7-2-3-8-15(14)21-10-9-17-22(18,19)13-6-4-5-12(16)11-13/h2-8,11,17H,9-10H2,1H3. The first-order valence-electron chi connectivity index (χ1n) is 6.54. The number of para-hydroxylation sites is 2. The van der Waals surface area contributed by atoms with Crippen LogP contribution in [0.15, 0.2) is 53.4 Å². The molecule has 0 spiro atoms. The lowest BCUT2D eigenvalue weighted by molar-refractivity contribution is 0.299. The van der Waals surface area contributed by atoms with Gasteiger partial charge in [-0.05, 0) is 30.3 Å². The Labute approximate surface area is 134 Å². The second-order valence-electron chi connectivity index (χ2n) is 4.35. The second kappa shape index (κ2) is 7.49. The number of hydrogen-bond acceptors (Lipinski definition) is 4. The first kappa shape index (κ1) is 16.6. The number of benzene rings is 2. The van der Waals surface area contributed by atoms with Gasteiger partial charge in [0, 0.05) is 11.6 Å². The fourth-order valence-corrected chi connectivity index (χ4v) is 3.11. The fraction of sp³-hybridized carbons (Fsp3) is 0.200. The summed E-state index contributed by atoms with van der Waals surface area (Å²) in [5, 5.41) is 0.369. The normalized spacial score (nSPS) is 11.2. The van der Waals surface area contributed by atoms with Crippen LogP contribution in [0, 0.1) is 0 Å². The number of ether oxygens (including phenoxy) is 2. The van der Waals surface area contributed by atoms with Crippen LogP contribution in [0.5, 0.6) is 11.5 Å². The van der Waals surface area contributed by atoms with Crippen molar-refractivity contribution in [1.82, 2.24) is 4.72 Å². The van der Waals surface area contributed by atoms with Gasteiger partial charge in [0.05, 0.1) is 12.0 Å². The van der Waals surface area contributed by atoms with Crippen molar-refractivity contribution in [2.75, 3.05) is 20.3 Å². The molecule has 0 heterocycles. The zero-order chi connectivity index (χ0) is 16.0. The minimum Gasteiger partial charge on any atom is -0.493 e. The number of nitrogens with one attached hydrogen (secondary N) is 1. The Morgan fingerprint density at radius 2 is 1.82 bits per heavy atom. The van der Waals surface area contributed by atoms with E-state index in [1.807, 2.05) is 12.1 Å². The molecule has 0 aromatic heterocycles. The molecular weight excluding hydrogens is 326 g/mol. The Hall–Kier alpha value is -1.76. The van der Waals surface area contributed by atoms with Gasteiger partial charge < -0.3 is 9.47 Å². The maximum atomic E-state index is 12.1. The van der Waals surface area contributed by atoms with Crippen LogP contribution in [-0.4, -0.2) is 28.7 Å². The highest BCUT2D eigenvalue weighted by Crippen LogP contribution is 2.25. The van der Waals surface area contributed by atoms with E-state index in [1.54, 1.807) is 31.4 Å². The topological polar surface area (TPSA) is 64.6 Å². The summed E-state index contributed by atoms with van der Waals surface area (Å²) < 4.78 is 37.2. The molecule has 0 saturated carbocycles. The maximum absolute atomic E-state index is 12.1. The Bertz CT molecular complexity index is 734. The van der Waals surface area contributed by atoms with Crippen LogP contribution < -0.4 is 14.2 Å². The van der Waals surface area contributed by atoms with E-state index in [0.29, 0.717) is 16.5 Å². The molecule has 0 aliphatic carbocycles. The van der Waals surface area contributed by atoms with E-state index in [4.69, 9.17) is 21.1 Å². The molecule has 7 heteroatoms. The van der Waals surface area contributed by atoms with Crippen molar-refractivity contribution in [2.24, 2.45) is 0 Å². The van der Waals surface area contributed by atoms with E-state index in [9.17, 15) is 8.42 Å². The summed E-state index contributed by atoms with van der Waals surface area (Å²) in [5.74, 6) is 1.16. The minimum absolute atomic E-state index is 0.122. The van der Waals surface area contributed by atoms with Crippen molar-refractivity contribution >= 4 is 21.6 Å². The number of hydrogen-bond donors (Lipinski definition) is 1. The van der Waals surface area contributed by atoms with Crippen LogP contribution in [0.2, 0.25) is 5.02 Å². The molecule has 0 fully saturated rings. The summed E-state index contributed by atoms with van der Waals surface area (Å²) in [5.41, 5.74) is 0. The van der Waals surface area contributed by atoms with Gasteiger partial charge in [0.15, 0.2) is 11.5 Å².